The third-order valence-corrected chi connectivity index (χ3v) is 6.88. The molecule has 0 atom stereocenters. The van der Waals surface area contributed by atoms with Crippen molar-refractivity contribution in [2.75, 3.05) is 25.7 Å². The first-order valence-electron chi connectivity index (χ1n) is 13.3. The summed E-state index contributed by atoms with van der Waals surface area (Å²) in [6, 6.07) is 19.7. The molecule has 0 bridgehead atoms. The Labute approximate surface area is 249 Å². The number of nitrogen functional groups attached to an aromatic ring is 2. The van der Waals surface area contributed by atoms with E-state index >= 15 is 0 Å². The van der Waals surface area contributed by atoms with Crippen LogP contribution < -0.4 is 26.3 Å². The molecule has 0 fully saturated rings. The SMILES string of the molecule is C#Cc1c(Cc2cnc(N)nc2N)c(-c2ccccc2)c(C(=O)NC(c2ccccn2)c2ccccn2)c(OC)c1OC. The van der Waals surface area contributed by atoms with Crippen LogP contribution in [0.15, 0.2) is 85.3 Å². The van der Waals surface area contributed by atoms with Crippen LogP contribution in [0.3, 0.4) is 0 Å². The number of terminal acetylenes is 1. The van der Waals surface area contributed by atoms with E-state index in [0.29, 0.717) is 33.6 Å². The fraction of sp³-hybridized carbons (Fsp3) is 0.121. The summed E-state index contributed by atoms with van der Waals surface area (Å²) in [7, 11) is 2.93. The number of hydrogen-bond donors (Lipinski definition) is 3. The number of benzene rings is 2. The molecular formula is C33H29N7O3. The number of rotatable bonds is 9. The van der Waals surface area contributed by atoms with E-state index in [4.69, 9.17) is 27.4 Å². The van der Waals surface area contributed by atoms with Crippen molar-refractivity contribution in [2.45, 2.75) is 12.5 Å². The van der Waals surface area contributed by atoms with Crippen LogP contribution in [0.4, 0.5) is 11.8 Å². The summed E-state index contributed by atoms with van der Waals surface area (Å²) in [6.07, 6.45) is 11.1. The van der Waals surface area contributed by atoms with E-state index in [-0.39, 0.29) is 35.2 Å². The normalized spacial score (nSPS) is 10.7. The van der Waals surface area contributed by atoms with Crippen molar-refractivity contribution in [3.8, 4) is 35.0 Å². The van der Waals surface area contributed by atoms with E-state index in [1.165, 1.54) is 14.2 Å². The summed E-state index contributed by atoms with van der Waals surface area (Å²) in [5, 5.41) is 3.13. The maximum Gasteiger partial charge on any atom is 0.256 e. The molecule has 10 heteroatoms. The number of hydrogen-bond acceptors (Lipinski definition) is 9. The molecule has 1 amide bonds. The quantitative estimate of drug-likeness (QED) is 0.221. The average molecular weight is 572 g/mol. The number of carbonyl (C=O) groups excluding carboxylic acids is 1. The van der Waals surface area contributed by atoms with Gasteiger partial charge in [-0.05, 0) is 35.4 Å². The van der Waals surface area contributed by atoms with Crippen LogP contribution in [0.2, 0.25) is 0 Å². The van der Waals surface area contributed by atoms with Crippen LogP contribution in [-0.4, -0.2) is 40.1 Å². The molecule has 5 rings (SSSR count). The number of pyridine rings is 2. The largest absolute Gasteiger partial charge is 0.492 e. The minimum Gasteiger partial charge on any atom is -0.492 e. The van der Waals surface area contributed by atoms with Crippen LogP contribution >= 0.6 is 0 Å². The minimum atomic E-state index is -0.675. The van der Waals surface area contributed by atoms with E-state index in [0.717, 1.165) is 5.56 Å². The van der Waals surface area contributed by atoms with Crippen molar-refractivity contribution in [1.29, 1.82) is 0 Å². The molecule has 5 N–H and O–H groups in total. The van der Waals surface area contributed by atoms with Crippen molar-refractivity contribution >= 4 is 17.7 Å². The molecule has 0 saturated heterocycles. The van der Waals surface area contributed by atoms with Gasteiger partial charge >= 0.3 is 0 Å². The molecular weight excluding hydrogens is 542 g/mol. The first kappa shape index (κ1) is 28.6. The van der Waals surface area contributed by atoms with Gasteiger partial charge in [-0.3, -0.25) is 14.8 Å². The molecule has 5 aromatic rings. The highest BCUT2D eigenvalue weighted by molar-refractivity contribution is 6.06. The Bertz CT molecular complexity index is 1750. The van der Waals surface area contributed by atoms with Gasteiger partial charge in [0, 0.05) is 36.1 Å². The molecule has 43 heavy (non-hydrogen) atoms. The number of nitrogens with two attached hydrogens (primary N) is 2. The molecule has 0 aliphatic heterocycles. The lowest BCUT2D eigenvalue weighted by Crippen LogP contribution is -2.31. The standard InChI is InChI=1S/C33H29N7O3/c1-4-22-23(18-21-19-38-33(35)40-31(21)34)26(20-12-6-5-7-13-20)27(30(43-3)29(22)42-2)32(41)39-28(24-14-8-10-16-36-24)25-15-9-11-17-37-25/h1,5-17,19,28H,18H2,2-3H3,(H,39,41)(H4,34,35,38,40). The Balaban J connectivity index is 1.78. The molecule has 2 aromatic carbocycles. The number of amides is 1. The molecule has 0 aliphatic rings. The summed E-state index contributed by atoms with van der Waals surface area (Å²) < 4.78 is 11.6. The lowest BCUT2D eigenvalue weighted by atomic mass is 9.86. The van der Waals surface area contributed by atoms with Gasteiger partial charge in [0.05, 0.1) is 36.7 Å². The molecule has 0 spiro atoms. The lowest BCUT2D eigenvalue weighted by molar-refractivity contribution is 0.0938. The van der Waals surface area contributed by atoms with Gasteiger partial charge < -0.3 is 26.3 Å². The predicted octanol–water partition coefficient (Wildman–Crippen LogP) is 4.21. The first-order chi connectivity index (χ1) is 21.0. The Hall–Kier alpha value is -5.95. The highest BCUT2D eigenvalue weighted by Crippen LogP contribution is 2.45. The number of nitrogens with zero attached hydrogens (tertiary/aromatic N) is 4. The maximum absolute atomic E-state index is 14.5. The Morgan fingerprint density at radius 3 is 2.07 bits per heavy atom. The number of nitrogens with one attached hydrogen (secondary N) is 1. The van der Waals surface area contributed by atoms with Crippen molar-refractivity contribution in [2.24, 2.45) is 0 Å². The average Bonchev–Trinajstić information content (AvgIpc) is 3.05. The Morgan fingerprint density at radius 1 is 0.907 bits per heavy atom. The smallest absolute Gasteiger partial charge is 0.256 e. The lowest BCUT2D eigenvalue weighted by Gasteiger charge is -2.25. The van der Waals surface area contributed by atoms with Crippen molar-refractivity contribution < 1.29 is 14.3 Å². The number of aromatic nitrogens is 4. The number of anilines is 2. The van der Waals surface area contributed by atoms with E-state index in [9.17, 15) is 4.79 Å². The summed E-state index contributed by atoms with van der Waals surface area (Å²) >= 11 is 0. The van der Waals surface area contributed by atoms with Gasteiger partial charge in [-0.25, -0.2) is 4.98 Å². The second-order valence-corrected chi connectivity index (χ2v) is 9.41. The fourth-order valence-corrected chi connectivity index (χ4v) is 4.97. The topological polar surface area (TPSA) is 151 Å². The van der Waals surface area contributed by atoms with Crippen molar-refractivity contribution in [3.63, 3.8) is 0 Å². The highest BCUT2D eigenvalue weighted by atomic mass is 16.5. The third kappa shape index (κ3) is 5.78. The van der Waals surface area contributed by atoms with Crippen LogP contribution in [0.1, 0.15) is 44.5 Å². The summed E-state index contributed by atoms with van der Waals surface area (Å²) in [5.74, 6) is 2.94. The summed E-state index contributed by atoms with van der Waals surface area (Å²) in [6.45, 7) is 0. The van der Waals surface area contributed by atoms with Gasteiger partial charge in [0.25, 0.3) is 5.91 Å². The number of carbonyl (C=O) groups is 1. The fourth-order valence-electron chi connectivity index (χ4n) is 4.97. The second kappa shape index (κ2) is 12.7. The van der Waals surface area contributed by atoms with Crippen molar-refractivity contribution in [1.82, 2.24) is 25.3 Å². The monoisotopic (exact) mass is 571 g/mol. The zero-order valence-electron chi connectivity index (χ0n) is 23.6. The predicted molar refractivity (Wildman–Crippen MR) is 164 cm³/mol. The van der Waals surface area contributed by atoms with Crippen LogP contribution in [0, 0.1) is 12.3 Å². The van der Waals surface area contributed by atoms with Crippen LogP contribution in [0.5, 0.6) is 11.5 Å². The first-order valence-corrected chi connectivity index (χ1v) is 13.3. The van der Waals surface area contributed by atoms with Crippen LogP contribution in [0.25, 0.3) is 11.1 Å². The second-order valence-electron chi connectivity index (χ2n) is 9.41. The van der Waals surface area contributed by atoms with Gasteiger partial charge in [-0.1, -0.05) is 48.4 Å². The van der Waals surface area contributed by atoms with Gasteiger partial charge in [0.1, 0.15) is 11.9 Å². The van der Waals surface area contributed by atoms with Gasteiger partial charge in [0.2, 0.25) is 5.95 Å². The Morgan fingerprint density at radius 2 is 1.53 bits per heavy atom. The van der Waals surface area contributed by atoms with Gasteiger partial charge in [-0.15, -0.1) is 6.42 Å². The molecule has 10 nitrogen and oxygen atoms in total. The number of methoxy groups -OCH3 is 2. The maximum atomic E-state index is 14.5. The van der Waals surface area contributed by atoms with Crippen molar-refractivity contribution in [3.05, 3.63) is 119 Å². The van der Waals surface area contributed by atoms with Gasteiger partial charge in [-0.2, -0.15) is 4.98 Å². The number of ether oxygens (including phenoxy) is 2. The summed E-state index contributed by atoms with van der Waals surface area (Å²) in [5.41, 5.74) is 16.3. The highest BCUT2D eigenvalue weighted by Gasteiger charge is 2.32. The van der Waals surface area contributed by atoms with Crippen LogP contribution in [-0.2, 0) is 6.42 Å². The van der Waals surface area contributed by atoms with E-state index in [2.05, 4.69) is 31.2 Å². The third-order valence-electron chi connectivity index (χ3n) is 6.88. The molecule has 0 aliphatic carbocycles. The molecule has 0 unspecified atom stereocenters. The molecule has 0 radical (unpaired) electrons. The molecule has 0 saturated carbocycles. The molecule has 3 aromatic heterocycles. The Kier molecular flexibility index (Phi) is 8.44. The molecule has 3 heterocycles. The summed E-state index contributed by atoms with van der Waals surface area (Å²) in [4.78, 5) is 31.8. The minimum absolute atomic E-state index is 0.0455. The van der Waals surface area contributed by atoms with E-state index in [1.807, 2.05) is 54.6 Å². The molecule has 214 valence electrons. The van der Waals surface area contributed by atoms with E-state index < -0.39 is 11.9 Å². The van der Waals surface area contributed by atoms with E-state index in [1.54, 1.807) is 30.7 Å². The zero-order valence-corrected chi connectivity index (χ0v) is 23.6. The van der Waals surface area contributed by atoms with Gasteiger partial charge in [0.15, 0.2) is 11.5 Å². The zero-order chi connectivity index (χ0) is 30.3.